The summed E-state index contributed by atoms with van der Waals surface area (Å²) in [6.07, 6.45) is 1.38. The van der Waals surface area contributed by atoms with E-state index < -0.39 is 0 Å². The lowest BCUT2D eigenvalue weighted by Crippen LogP contribution is -2.17. The van der Waals surface area contributed by atoms with Gasteiger partial charge in [0, 0.05) is 5.39 Å². The van der Waals surface area contributed by atoms with Crippen LogP contribution in [-0.2, 0) is 0 Å². The van der Waals surface area contributed by atoms with Crippen LogP contribution < -0.4 is 5.69 Å². The molecule has 0 radical (unpaired) electrons. The summed E-state index contributed by atoms with van der Waals surface area (Å²) in [5.74, 6) is 0. The number of hydrogen-bond donors (Lipinski definition) is 1. The average Bonchev–Trinajstić information content (AvgIpc) is 2.69. The normalized spacial score (nSPS) is 11.3. The van der Waals surface area contributed by atoms with Crippen LogP contribution in [-0.4, -0.2) is 19.6 Å². The van der Waals surface area contributed by atoms with Crippen molar-refractivity contribution in [1.82, 2.24) is 19.6 Å². The molecule has 3 rings (SSSR count). The molecule has 0 unspecified atom stereocenters. The molecule has 0 saturated heterocycles. The van der Waals surface area contributed by atoms with E-state index in [1.165, 1.54) is 10.8 Å². The lowest BCUT2D eigenvalue weighted by Gasteiger charge is -2.01. The van der Waals surface area contributed by atoms with Gasteiger partial charge in [0.15, 0.2) is 5.65 Å². The number of nitrogens with one attached hydrogen (secondary N) is 1. The Labute approximate surface area is 84.4 Å². The summed E-state index contributed by atoms with van der Waals surface area (Å²) < 4.78 is 1.27. The van der Waals surface area contributed by atoms with E-state index in [4.69, 9.17) is 0 Å². The van der Waals surface area contributed by atoms with Gasteiger partial charge in [-0.3, -0.25) is 0 Å². The number of H-pyrrole nitrogens is 1. The first-order chi connectivity index (χ1) is 7.27. The fourth-order valence-electron chi connectivity index (χ4n) is 1.75. The van der Waals surface area contributed by atoms with E-state index in [0.717, 1.165) is 16.5 Å². The molecule has 0 saturated carbocycles. The zero-order chi connectivity index (χ0) is 10.4. The first kappa shape index (κ1) is 8.16. The third-order valence-electron chi connectivity index (χ3n) is 2.49. The van der Waals surface area contributed by atoms with E-state index in [1.54, 1.807) is 0 Å². The molecule has 3 aromatic rings. The third kappa shape index (κ3) is 0.999. The lowest BCUT2D eigenvalue weighted by molar-refractivity contribution is 0.881. The molecule has 74 valence electrons. The van der Waals surface area contributed by atoms with Crippen LogP contribution in [0.15, 0.2) is 29.3 Å². The maximum Gasteiger partial charge on any atom is 0.348 e. The SMILES string of the molecule is Cc1cccc2c1[nH]c(=O)n1ncnc21. The summed E-state index contributed by atoms with van der Waals surface area (Å²) in [7, 11) is 0. The number of para-hydroxylation sites is 1. The number of aryl methyl sites for hydroxylation is 1. The highest BCUT2D eigenvalue weighted by Crippen LogP contribution is 2.16. The summed E-state index contributed by atoms with van der Waals surface area (Å²) in [5, 5.41) is 4.77. The minimum absolute atomic E-state index is 0.260. The fraction of sp³-hybridized carbons (Fsp3) is 0.100. The molecule has 1 N–H and O–H groups in total. The number of rotatable bonds is 0. The van der Waals surface area contributed by atoms with Gasteiger partial charge < -0.3 is 4.98 Å². The molecular formula is C10H8N4O. The van der Waals surface area contributed by atoms with Crippen LogP contribution in [0.3, 0.4) is 0 Å². The van der Waals surface area contributed by atoms with Crippen molar-refractivity contribution in [2.45, 2.75) is 6.92 Å². The molecule has 2 aromatic heterocycles. The first-order valence-electron chi connectivity index (χ1n) is 4.59. The number of aromatic amines is 1. The molecule has 1 aromatic carbocycles. The van der Waals surface area contributed by atoms with Gasteiger partial charge in [0.2, 0.25) is 0 Å². The molecule has 0 fully saturated rings. The smallest absolute Gasteiger partial charge is 0.305 e. The molecule has 5 heteroatoms. The Morgan fingerprint density at radius 3 is 3.13 bits per heavy atom. The fourth-order valence-corrected chi connectivity index (χ4v) is 1.75. The van der Waals surface area contributed by atoms with Gasteiger partial charge in [-0.1, -0.05) is 12.1 Å². The molecule has 0 aliphatic rings. The Morgan fingerprint density at radius 1 is 1.40 bits per heavy atom. The number of hydrogen-bond acceptors (Lipinski definition) is 3. The molecule has 15 heavy (non-hydrogen) atoms. The quantitative estimate of drug-likeness (QED) is 0.586. The van der Waals surface area contributed by atoms with Gasteiger partial charge in [-0.2, -0.15) is 9.61 Å². The minimum atomic E-state index is -0.260. The third-order valence-corrected chi connectivity index (χ3v) is 2.49. The largest absolute Gasteiger partial charge is 0.348 e. The zero-order valence-corrected chi connectivity index (χ0v) is 8.06. The topological polar surface area (TPSA) is 63.0 Å². The number of fused-ring (bicyclic) bond motifs is 3. The highest BCUT2D eigenvalue weighted by molar-refractivity contribution is 5.92. The summed E-state index contributed by atoms with van der Waals surface area (Å²) in [4.78, 5) is 18.5. The molecule has 0 amide bonds. The van der Waals surface area contributed by atoms with Gasteiger partial charge in [0.1, 0.15) is 6.33 Å². The van der Waals surface area contributed by atoms with Gasteiger partial charge in [0.25, 0.3) is 0 Å². The van der Waals surface area contributed by atoms with E-state index >= 15 is 0 Å². The van der Waals surface area contributed by atoms with Crippen LogP contribution >= 0.6 is 0 Å². The number of nitrogens with zero attached hydrogens (tertiary/aromatic N) is 3. The lowest BCUT2D eigenvalue weighted by atomic mass is 10.1. The second kappa shape index (κ2) is 2.66. The summed E-state index contributed by atoms with van der Waals surface area (Å²) >= 11 is 0. The molecule has 0 spiro atoms. The van der Waals surface area contributed by atoms with Crippen LogP contribution in [0.4, 0.5) is 0 Å². The molecule has 5 nitrogen and oxygen atoms in total. The Balaban J connectivity index is 2.72. The Hall–Kier alpha value is -2.17. The predicted octanol–water partition coefficient (Wildman–Crippen LogP) is 0.879. The second-order valence-electron chi connectivity index (χ2n) is 3.42. The van der Waals surface area contributed by atoms with Crippen molar-refractivity contribution in [3.8, 4) is 0 Å². The molecule has 0 aliphatic carbocycles. The Bertz CT molecular complexity index is 710. The maximum atomic E-state index is 11.6. The van der Waals surface area contributed by atoms with Crippen molar-refractivity contribution < 1.29 is 0 Å². The second-order valence-corrected chi connectivity index (χ2v) is 3.42. The summed E-state index contributed by atoms with van der Waals surface area (Å²) in [5.41, 5.74) is 2.18. The van der Waals surface area contributed by atoms with Crippen LogP contribution in [0.5, 0.6) is 0 Å². The average molecular weight is 200 g/mol. The van der Waals surface area contributed by atoms with Crippen LogP contribution in [0.25, 0.3) is 16.6 Å². The van der Waals surface area contributed by atoms with Crippen LogP contribution in [0.1, 0.15) is 5.56 Å². The van der Waals surface area contributed by atoms with E-state index in [0.29, 0.717) is 5.65 Å². The van der Waals surface area contributed by atoms with Crippen LogP contribution in [0, 0.1) is 6.92 Å². The van der Waals surface area contributed by atoms with Crippen molar-refractivity contribution >= 4 is 16.6 Å². The first-order valence-corrected chi connectivity index (χ1v) is 4.59. The highest BCUT2D eigenvalue weighted by Gasteiger charge is 2.06. The van der Waals surface area contributed by atoms with Crippen molar-refractivity contribution in [3.63, 3.8) is 0 Å². The summed E-state index contributed by atoms with van der Waals surface area (Å²) in [6, 6.07) is 5.80. The molecule has 0 bridgehead atoms. The van der Waals surface area contributed by atoms with E-state index in [2.05, 4.69) is 15.1 Å². The molecule has 0 aliphatic heterocycles. The van der Waals surface area contributed by atoms with Crippen LogP contribution in [0.2, 0.25) is 0 Å². The van der Waals surface area contributed by atoms with E-state index in [-0.39, 0.29) is 5.69 Å². The molecular weight excluding hydrogens is 192 g/mol. The van der Waals surface area contributed by atoms with Gasteiger partial charge in [-0.15, -0.1) is 0 Å². The van der Waals surface area contributed by atoms with Gasteiger partial charge in [-0.05, 0) is 18.6 Å². The summed E-state index contributed by atoms with van der Waals surface area (Å²) in [6.45, 7) is 1.95. The predicted molar refractivity (Wildman–Crippen MR) is 55.9 cm³/mol. The standard InChI is InChI=1S/C10H8N4O/c1-6-3-2-4-7-8(6)13-10(15)14-9(7)11-5-12-14/h2-5H,1H3,(H,13,15). The van der Waals surface area contributed by atoms with Crippen molar-refractivity contribution in [2.24, 2.45) is 0 Å². The minimum Gasteiger partial charge on any atom is -0.305 e. The number of aromatic nitrogens is 4. The van der Waals surface area contributed by atoms with E-state index in [1.807, 2.05) is 25.1 Å². The molecule has 0 atom stereocenters. The van der Waals surface area contributed by atoms with E-state index in [9.17, 15) is 4.79 Å². The van der Waals surface area contributed by atoms with Crippen molar-refractivity contribution in [2.75, 3.05) is 0 Å². The van der Waals surface area contributed by atoms with Crippen molar-refractivity contribution in [3.05, 3.63) is 40.6 Å². The Kier molecular flexibility index (Phi) is 1.45. The van der Waals surface area contributed by atoms with Gasteiger partial charge in [0.05, 0.1) is 5.52 Å². The van der Waals surface area contributed by atoms with Gasteiger partial charge >= 0.3 is 5.69 Å². The molecule has 2 heterocycles. The zero-order valence-electron chi connectivity index (χ0n) is 8.06. The van der Waals surface area contributed by atoms with Gasteiger partial charge in [-0.25, -0.2) is 9.78 Å². The monoisotopic (exact) mass is 200 g/mol. The number of benzene rings is 1. The highest BCUT2D eigenvalue weighted by atomic mass is 16.1. The Morgan fingerprint density at radius 2 is 2.27 bits per heavy atom. The van der Waals surface area contributed by atoms with Crippen molar-refractivity contribution in [1.29, 1.82) is 0 Å². The maximum absolute atomic E-state index is 11.6.